The van der Waals surface area contributed by atoms with Gasteiger partial charge in [0, 0.05) is 24.3 Å². The van der Waals surface area contributed by atoms with Crippen molar-refractivity contribution in [3.05, 3.63) is 29.8 Å². The van der Waals surface area contributed by atoms with Gasteiger partial charge in [0.1, 0.15) is 5.54 Å². The molecule has 1 heterocycles. The van der Waals surface area contributed by atoms with Crippen LogP contribution in [0, 0.1) is 0 Å². The van der Waals surface area contributed by atoms with Crippen molar-refractivity contribution in [2.75, 3.05) is 24.5 Å². The maximum atomic E-state index is 12.9. The van der Waals surface area contributed by atoms with Crippen LogP contribution in [0.3, 0.4) is 0 Å². The van der Waals surface area contributed by atoms with Crippen LogP contribution < -0.4 is 10.2 Å². The van der Waals surface area contributed by atoms with Crippen LogP contribution in [-0.4, -0.2) is 47.8 Å². The molecule has 2 aliphatic rings. The molecule has 1 spiro atoms. The molecule has 3 amide bonds. The van der Waals surface area contributed by atoms with Gasteiger partial charge in [0.05, 0.1) is 6.54 Å². The third-order valence-electron chi connectivity index (χ3n) is 5.82. The van der Waals surface area contributed by atoms with E-state index >= 15 is 0 Å². The number of hydrogen-bond donors (Lipinski definition) is 1. The van der Waals surface area contributed by atoms with Crippen LogP contribution in [0.5, 0.6) is 0 Å². The highest BCUT2D eigenvalue weighted by Crippen LogP contribution is 2.32. The minimum atomic E-state index is -0.791. The van der Waals surface area contributed by atoms with Gasteiger partial charge in [0.2, 0.25) is 0 Å². The van der Waals surface area contributed by atoms with Gasteiger partial charge in [0.15, 0.2) is 5.78 Å². The number of carbonyl (C=O) groups is 3. The number of imide groups is 1. The highest BCUT2D eigenvalue weighted by atomic mass is 16.2. The second-order valence-corrected chi connectivity index (χ2v) is 7.46. The number of rotatable bonds is 6. The molecular formula is C21H29N3O3. The monoisotopic (exact) mass is 371 g/mol. The molecule has 3 rings (SSSR count). The van der Waals surface area contributed by atoms with E-state index in [1.165, 1.54) is 0 Å². The first-order chi connectivity index (χ1) is 13.0. The quantitative estimate of drug-likeness (QED) is 0.615. The summed E-state index contributed by atoms with van der Waals surface area (Å²) in [6.07, 6.45) is 5.37. The molecule has 0 radical (unpaired) electrons. The Kier molecular flexibility index (Phi) is 5.82. The summed E-state index contributed by atoms with van der Waals surface area (Å²) >= 11 is 0. The predicted octanol–water partition coefficient (Wildman–Crippen LogP) is 3.36. The number of nitrogens with zero attached hydrogens (tertiary/aromatic N) is 2. The van der Waals surface area contributed by atoms with Gasteiger partial charge >= 0.3 is 6.03 Å². The number of benzene rings is 1. The van der Waals surface area contributed by atoms with Crippen molar-refractivity contribution in [3.63, 3.8) is 0 Å². The van der Waals surface area contributed by atoms with Crippen molar-refractivity contribution in [2.45, 2.75) is 57.9 Å². The van der Waals surface area contributed by atoms with Gasteiger partial charge in [-0.05, 0) is 51.0 Å². The second kappa shape index (κ2) is 8.11. The summed E-state index contributed by atoms with van der Waals surface area (Å²) in [5.74, 6) is -0.446. The Labute approximate surface area is 160 Å². The summed E-state index contributed by atoms with van der Waals surface area (Å²) in [6.45, 7) is 5.77. The molecule has 1 aromatic rings. The van der Waals surface area contributed by atoms with Gasteiger partial charge in [-0.2, -0.15) is 0 Å². The fraction of sp³-hybridized carbons (Fsp3) is 0.571. The van der Waals surface area contributed by atoms with Crippen molar-refractivity contribution in [1.29, 1.82) is 0 Å². The van der Waals surface area contributed by atoms with E-state index in [9.17, 15) is 14.4 Å². The molecule has 0 bridgehead atoms. The molecule has 27 heavy (non-hydrogen) atoms. The van der Waals surface area contributed by atoms with E-state index in [1.54, 1.807) is 12.1 Å². The fourth-order valence-electron chi connectivity index (χ4n) is 4.17. The molecule has 6 heteroatoms. The van der Waals surface area contributed by atoms with E-state index in [1.807, 2.05) is 12.1 Å². The van der Waals surface area contributed by atoms with Crippen LogP contribution in [0.4, 0.5) is 10.5 Å². The zero-order chi connectivity index (χ0) is 19.4. The number of hydrogen-bond acceptors (Lipinski definition) is 4. The molecule has 0 aromatic heterocycles. The summed E-state index contributed by atoms with van der Waals surface area (Å²) in [7, 11) is 0. The molecule has 1 aromatic carbocycles. The lowest BCUT2D eigenvalue weighted by atomic mass is 9.90. The van der Waals surface area contributed by atoms with Gasteiger partial charge < -0.3 is 10.2 Å². The average molecular weight is 371 g/mol. The Hall–Kier alpha value is -2.37. The predicted molar refractivity (Wildman–Crippen MR) is 105 cm³/mol. The van der Waals surface area contributed by atoms with Crippen molar-refractivity contribution < 1.29 is 14.4 Å². The first-order valence-electron chi connectivity index (χ1n) is 10.0. The number of ketones is 1. The van der Waals surface area contributed by atoms with Crippen molar-refractivity contribution >= 4 is 23.4 Å². The molecule has 0 unspecified atom stereocenters. The first kappa shape index (κ1) is 19.4. The minimum absolute atomic E-state index is 0.197. The number of anilines is 1. The van der Waals surface area contributed by atoms with Crippen LogP contribution in [0.15, 0.2) is 24.3 Å². The molecule has 1 saturated carbocycles. The lowest BCUT2D eigenvalue weighted by Gasteiger charge is -2.24. The summed E-state index contributed by atoms with van der Waals surface area (Å²) < 4.78 is 0. The number of carbonyl (C=O) groups excluding carboxylic acids is 3. The standard InChI is InChI=1S/C21H29N3O3/c1-3-23(4-2)17-11-9-16(10-12-17)18(25)15-24-19(26)21(22-20(24)27)13-7-5-6-8-14-21/h9-12H,3-8,13-15H2,1-2H3,(H,22,27). The summed E-state index contributed by atoms with van der Waals surface area (Å²) in [5, 5.41) is 2.88. The van der Waals surface area contributed by atoms with Crippen LogP contribution in [0.2, 0.25) is 0 Å². The number of nitrogens with one attached hydrogen (secondary N) is 1. The Balaban J connectivity index is 1.70. The lowest BCUT2D eigenvalue weighted by molar-refractivity contribution is -0.131. The maximum Gasteiger partial charge on any atom is 0.325 e. The van der Waals surface area contributed by atoms with E-state index in [2.05, 4.69) is 24.1 Å². The number of Topliss-reactive ketones (excluding diaryl/α,β-unsaturated/α-hetero) is 1. The second-order valence-electron chi connectivity index (χ2n) is 7.46. The number of urea groups is 1. The Morgan fingerprint density at radius 2 is 1.63 bits per heavy atom. The van der Waals surface area contributed by atoms with Gasteiger partial charge in [-0.15, -0.1) is 0 Å². The van der Waals surface area contributed by atoms with E-state index in [4.69, 9.17) is 0 Å². The van der Waals surface area contributed by atoms with Gasteiger partial charge in [-0.25, -0.2) is 4.79 Å². The zero-order valence-corrected chi connectivity index (χ0v) is 16.3. The summed E-state index contributed by atoms with van der Waals surface area (Å²) in [6, 6.07) is 6.94. The molecule has 146 valence electrons. The Morgan fingerprint density at radius 1 is 1.04 bits per heavy atom. The Morgan fingerprint density at radius 3 is 2.19 bits per heavy atom. The van der Waals surface area contributed by atoms with Crippen molar-refractivity contribution in [1.82, 2.24) is 10.2 Å². The normalized spacial score (nSPS) is 19.1. The smallest absolute Gasteiger partial charge is 0.325 e. The molecule has 0 atom stereocenters. The third kappa shape index (κ3) is 3.84. The zero-order valence-electron chi connectivity index (χ0n) is 16.3. The van der Waals surface area contributed by atoms with E-state index in [0.29, 0.717) is 18.4 Å². The van der Waals surface area contributed by atoms with Gasteiger partial charge in [-0.3, -0.25) is 14.5 Å². The van der Waals surface area contributed by atoms with Gasteiger partial charge in [-0.1, -0.05) is 25.7 Å². The average Bonchev–Trinajstić information content (AvgIpc) is 2.84. The van der Waals surface area contributed by atoms with Crippen LogP contribution in [0.25, 0.3) is 0 Å². The number of amides is 3. The molecule has 6 nitrogen and oxygen atoms in total. The van der Waals surface area contributed by atoms with E-state index < -0.39 is 11.6 Å². The molecule has 1 aliphatic heterocycles. The first-order valence-corrected chi connectivity index (χ1v) is 10.0. The fourth-order valence-corrected chi connectivity index (χ4v) is 4.17. The minimum Gasteiger partial charge on any atom is -0.372 e. The molecule has 1 saturated heterocycles. The molecule has 1 N–H and O–H groups in total. The maximum absolute atomic E-state index is 12.9. The van der Waals surface area contributed by atoms with Crippen molar-refractivity contribution in [2.24, 2.45) is 0 Å². The topological polar surface area (TPSA) is 69.7 Å². The van der Waals surface area contributed by atoms with E-state index in [0.717, 1.165) is 49.4 Å². The highest BCUT2D eigenvalue weighted by Gasteiger charge is 2.51. The van der Waals surface area contributed by atoms with Crippen LogP contribution >= 0.6 is 0 Å². The van der Waals surface area contributed by atoms with Gasteiger partial charge in [0.25, 0.3) is 5.91 Å². The highest BCUT2D eigenvalue weighted by molar-refractivity contribution is 6.11. The van der Waals surface area contributed by atoms with Crippen LogP contribution in [0.1, 0.15) is 62.7 Å². The molecular weight excluding hydrogens is 342 g/mol. The Bertz CT molecular complexity index is 702. The van der Waals surface area contributed by atoms with Crippen LogP contribution in [-0.2, 0) is 4.79 Å². The summed E-state index contributed by atoms with van der Waals surface area (Å²) in [4.78, 5) is 41.3. The molecule has 1 aliphatic carbocycles. The van der Waals surface area contributed by atoms with Crippen molar-refractivity contribution in [3.8, 4) is 0 Å². The lowest BCUT2D eigenvalue weighted by Crippen LogP contribution is -2.46. The largest absolute Gasteiger partial charge is 0.372 e. The molecule has 2 fully saturated rings. The third-order valence-corrected chi connectivity index (χ3v) is 5.82. The van der Waals surface area contributed by atoms with E-state index in [-0.39, 0.29) is 18.2 Å². The summed E-state index contributed by atoms with van der Waals surface area (Å²) in [5.41, 5.74) is 0.790. The SMILES string of the molecule is CCN(CC)c1ccc(C(=O)CN2C(=O)NC3(CCCCCC3)C2=O)cc1.